The molecule has 11 rings (SSSR count). The molecule has 3 nitrogen and oxygen atoms in total. The van der Waals surface area contributed by atoms with E-state index in [1.165, 1.54) is 27.8 Å². The van der Waals surface area contributed by atoms with Crippen molar-refractivity contribution in [1.82, 2.24) is 9.97 Å². The summed E-state index contributed by atoms with van der Waals surface area (Å²) in [5.41, 5.74) is 18.4. The summed E-state index contributed by atoms with van der Waals surface area (Å²) in [5, 5.41) is 2.22. The molecule has 0 fully saturated rings. The molecular formula is C55H38N2O. The molecule has 2 aromatic heterocycles. The Kier molecular flexibility index (Phi) is 7.84. The average Bonchev–Trinajstić information content (AvgIpc) is 3.78. The molecule has 0 bridgehead atoms. The molecule has 1 aliphatic rings. The maximum absolute atomic E-state index is 6.57. The summed E-state index contributed by atoms with van der Waals surface area (Å²) < 4.78 is 6.57. The zero-order chi connectivity index (χ0) is 38.8. The number of aromatic nitrogens is 2. The van der Waals surface area contributed by atoms with Crippen molar-refractivity contribution in [3.63, 3.8) is 0 Å². The molecule has 58 heavy (non-hydrogen) atoms. The van der Waals surface area contributed by atoms with Gasteiger partial charge >= 0.3 is 0 Å². The summed E-state index contributed by atoms with van der Waals surface area (Å²) in [6.45, 7) is 4.67. The van der Waals surface area contributed by atoms with Gasteiger partial charge in [-0.2, -0.15) is 0 Å². The lowest BCUT2D eigenvalue weighted by atomic mass is 9.81. The maximum atomic E-state index is 6.57. The van der Waals surface area contributed by atoms with E-state index in [0.717, 1.165) is 77.8 Å². The van der Waals surface area contributed by atoms with Crippen LogP contribution in [-0.4, -0.2) is 9.97 Å². The third kappa shape index (κ3) is 5.58. The minimum absolute atomic E-state index is 0.104. The van der Waals surface area contributed by atoms with Gasteiger partial charge in [0, 0.05) is 38.4 Å². The molecule has 8 aromatic carbocycles. The first-order valence-electron chi connectivity index (χ1n) is 19.9. The van der Waals surface area contributed by atoms with Crippen LogP contribution in [0.1, 0.15) is 25.0 Å². The molecule has 0 N–H and O–H groups in total. The monoisotopic (exact) mass is 742 g/mol. The number of para-hydroxylation sites is 2. The summed E-state index contributed by atoms with van der Waals surface area (Å²) in [6, 6.07) is 68.9. The van der Waals surface area contributed by atoms with Crippen molar-refractivity contribution in [2.75, 3.05) is 0 Å². The second kappa shape index (κ2) is 13.4. The zero-order valence-electron chi connectivity index (χ0n) is 32.3. The van der Waals surface area contributed by atoms with Crippen molar-refractivity contribution in [2.45, 2.75) is 19.3 Å². The Morgan fingerprint density at radius 2 is 0.966 bits per heavy atom. The van der Waals surface area contributed by atoms with E-state index in [0.29, 0.717) is 5.82 Å². The fourth-order valence-electron chi connectivity index (χ4n) is 8.98. The van der Waals surface area contributed by atoms with Crippen LogP contribution in [0.2, 0.25) is 0 Å². The molecule has 274 valence electrons. The zero-order valence-corrected chi connectivity index (χ0v) is 32.3. The third-order valence-corrected chi connectivity index (χ3v) is 11.9. The second-order valence-electron chi connectivity index (χ2n) is 15.8. The Bertz CT molecular complexity index is 3190. The van der Waals surface area contributed by atoms with Gasteiger partial charge in [-0.25, -0.2) is 9.97 Å². The van der Waals surface area contributed by atoms with Crippen LogP contribution in [0.4, 0.5) is 0 Å². The first-order chi connectivity index (χ1) is 28.5. The minimum atomic E-state index is -0.104. The van der Waals surface area contributed by atoms with Crippen molar-refractivity contribution < 1.29 is 4.42 Å². The van der Waals surface area contributed by atoms with Crippen LogP contribution in [0, 0.1) is 0 Å². The van der Waals surface area contributed by atoms with Crippen LogP contribution in [0.5, 0.6) is 0 Å². The SMILES string of the molecule is CC1(C)c2ccccc2-c2ccc(-c3ccccc3-c3cc(-c4cc(-c5ccccc5)cc(-c5cccc6c5oc5ccccc56)c4)nc(-c4ccccc4)n3)cc21. The molecule has 2 heterocycles. The molecule has 0 saturated carbocycles. The van der Waals surface area contributed by atoms with Crippen molar-refractivity contribution in [2.24, 2.45) is 0 Å². The van der Waals surface area contributed by atoms with Gasteiger partial charge in [0.05, 0.1) is 11.4 Å². The third-order valence-electron chi connectivity index (χ3n) is 11.9. The van der Waals surface area contributed by atoms with E-state index in [9.17, 15) is 0 Å². The van der Waals surface area contributed by atoms with Crippen LogP contribution < -0.4 is 0 Å². The normalized spacial score (nSPS) is 12.8. The van der Waals surface area contributed by atoms with Gasteiger partial charge in [-0.15, -0.1) is 0 Å². The van der Waals surface area contributed by atoms with Crippen molar-refractivity contribution >= 4 is 21.9 Å². The summed E-state index contributed by atoms with van der Waals surface area (Å²) in [4.78, 5) is 10.6. The lowest BCUT2D eigenvalue weighted by molar-refractivity contribution is 0.660. The van der Waals surface area contributed by atoms with Crippen LogP contribution in [-0.2, 0) is 5.41 Å². The number of furan rings is 1. The lowest BCUT2D eigenvalue weighted by Crippen LogP contribution is -2.14. The van der Waals surface area contributed by atoms with Crippen molar-refractivity contribution in [1.29, 1.82) is 0 Å². The summed E-state index contributed by atoms with van der Waals surface area (Å²) >= 11 is 0. The number of nitrogens with zero attached hydrogens (tertiary/aromatic N) is 2. The maximum Gasteiger partial charge on any atom is 0.160 e. The fourth-order valence-corrected chi connectivity index (χ4v) is 8.98. The molecule has 0 spiro atoms. The molecule has 0 saturated heterocycles. The first-order valence-corrected chi connectivity index (χ1v) is 19.9. The number of hydrogen-bond donors (Lipinski definition) is 0. The van der Waals surface area contributed by atoms with Crippen LogP contribution in [0.25, 0.3) is 100 Å². The first kappa shape index (κ1) is 33.9. The second-order valence-corrected chi connectivity index (χ2v) is 15.8. The largest absolute Gasteiger partial charge is 0.455 e. The van der Waals surface area contributed by atoms with E-state index in [1.54, 1.807) is 0 Å². The number of rotatable bonds is 6. The van der Waals surface area contributed by atoms with Gasteiger partial charge in [-0.1, -0.05) is 172 Å². The van der Waals surface area contributed by atoms with Crippen LogP contribution >= 0.6 is 0 Å². The van der Waals surface area contributed by atoms with Crippen LogP contribution in [0.15, 0.2) is 199 Å². The standard InChI is InChI=1S/C55H38N2O/c1-55(2)48-26-13-11-21-43(48)44-29-28-37(33-49(44)55)41-20-9-10-22-45(41)51-34-50(56-54(57-51)36-18-7-4-8-19-36)40-31-38(35-16-5-3-6-17-35)30-39(32-40)42-24-15-25-47-46-23-12-14-27-52(46)58-53(42)47/h3-34H,1-2H3. The Morgan fingerprint density at radius 3 is 1.79 bits per heavy atom. The number of fused-ring (bicyclic) bond motifs is 6. The molecule has 0 atom stereocenters. The van der Waals surface area contributed by atoms with E-state index in [4.69, 9.17) is 14.4 Å². The molecular weight excluding hydrogens is 705 g/mol. The van der Waals surface area contributed by atoms with Crippen molar-refractivity contribution in [3.05, 3.63) is 205 Å². The van der Waals surface area contributed by atoms with Gasteiger partial charge in [0.25, 0.3) is 0 Å². The van der Waals surface area contributed by atoms with Gasteiger partial charge in [0.1, 0.15) is 11.2 Å². The Balaban J connectivity index is 1.12. The predicted octanol–water partition coefficient (Wildman–Crippen LogP) is 14.7. The topological polar surface area (TPSA) is 38.9 Å². The number of benzene rings is 8. The molecule has 0 amide bonds. The molecule has 3 heteroatoms. The van der Waals surface area contributed by atoms with E-state index < -0.39 is 0 Å². The van der Waals surface area contributed by atoms with Gasteiger partial charge in [0.15, 0.2) is 5.82 Å². The fraction of sp³-hybridized carbons (Fsp3) is 0.0545. The molecule has 0 radical (unpaired) electrons. The highest BCUT2D eigenvalue weighted by molar-refractivity contribution is 6.10. The molecule has 0 unspecified atom stereocenters. The van der Waals surface area contributed by atoms with Gasteiger partial charge in [-0.05, 0) is 86.5 Å². The predicted molar refractivity (Wildman–Crippen MR) is 239 cm³/mol. The summed E-state index contributed by atoms with van der Waals surface area (Å²) in [6.07, 6.45) is 0. The Hall–Kier alpha value is -7.36. The van der Waals surface area contributed by atoms with E-state index in [2.05, 4.69) is 178 Å². The van der Waals surface area contributed by atoms with Crippen molar-refractivity contribution in [3.8, 4) is 78.4 Å². The molecule has 1 aliphatic carbocycles. The van der Waals surface area contributed by atoms with E-state index in [1.807, 2.05) is 30.3 Å². The molecule has 10 aromatic rings. The highest BCUT2D eigenvalue weighted by atomic mass is 16.3. The van der Waals surface area contributed by atoms with Gasteiger partial charge < -0.3 is 4.42 Å². The van der Waals surface area contributed by atoms with E-state index in [-0.39, 0.29) is 5.41 Å². The highest BCUT2D eigenvalue weighted by Crippen LogP contribution is 2.50. The molecule has 0 aliphatic heterocycles. The highest BCUT2D eigenvalue weighted by Gasteiger charge is 2.35. The Labute approximate surface area is 338 Å². The quantitative estimate of drug-likeness (QED) is 0.170. The number of hydrogen-bond acceptors (Lipinski definition) is 3. The Morgan fingerprint density at radius 1 is 0.362 bits per heavy atom. The van der Waals surface area contributed by atoms with Gasteiger partial charge in [0.2, 0.25) is 0 Å². The smallest absolute Gasteiger partial charge is 0.160 e. The summed E-state index contributed by atoms with van der Waals surface area (Å²) in [5.74, 6) is 0.680. The summed E-state index contributed by atoms with van der Waals surface area (Å²) in [7, 11) is 0. The van der Waals surface area contributed by atoms with Crippen LogP contribution in [0.3, 0.4) is 0 Å². The minimum Gasteiger partial charge on any atom is -0.455 e. The van der Waals surface area contributed by atoms with E-state index >= 15 is 0 Å². The lowest BCUT2D eigenvalue weighted by Gasteiger charge is -2.22. The average molecular weight is 743 g/mol. The van der Waals surface area contributed by atoms with Gasteiger partial charge in [-0.3, -0.25) is 0 Å².